The Kier molecular flexibility index (Phi) is 4.92. The van der Waals surface area contributed by atoms with Gasteiger partial charge in [-0.25, -0.2) is 0 Å². The van der Waals surface area contributed by atoms with Gasteiger partial charge in [-0.2, -0.15) is 0 Å². The van der Waals surface area contributed by atoms with Crippen molar-refractivity contribution in [2.45, 2.75) is 5.60 Å². The highest BCUT2D eigenvalue weighted by Gasteiger charge is 2.42. The number of ether oxygens (including phenoxy) is 3. The second-order valence-corrected chi connectivity index (χ2v) is 9.52. The van der Waals surface area contributed by atoms with E-state index in [0.29, 0.717) is 28.4 Å². The molecule has 4 nitrogen and oxygen atoms in total. The monoisotopic (exact) mass is 496 g/mol. The summed E-state index contributed by atoms with van der Waals surface area (Å²) < 4.78 is 18.4. The molecule has 2 aliphatic rings. The maximum Gasteiger partial charge on any atom is 0.198 e. The third-order valence-corrected chi connectivity index (χ3v) is 7.63. The lowest BCUT2D eigenvalue weighted by atomic mass is 9.82. The Labute approximate surface area is 220 Å². The first-order chi connectivity index (χ1) is 18.7. The van der Waals surface area contributed by atoms with Crippen molar-refractivity contribution in [2.24, 2.45) is 0 Å². The molecule has 0 saturated carbocycles. The van der Waals surface area contributed by atoms with E-state index in [1.807, 2.05) is 72.8 Å². The first-order valence-electron chi connectivity index (χ1n) is 12.6. The van der Waals surface area contributed by atoms with Gasteiger partial charge in [0.15, 0.2) is 22.9 Å². The van der Waals surface area contributed by atoms with Crippen LogP contribution in [0.4, 0.5) is 0 Å². The van der Waals surface area contributed by atoms with Crippen LogP contribution in [0.15, 0.2) is 103 Å². The highest BCUT2D eigenvalue weighted by Crippen LogP contribution is 2.54. The van der Waals surface area contributed by atoms with E-state index < -0.39 is 5.60 Å². The predicted octanol–water partition coefficient (Wildman–Crippen LogP) is 7.42. The Balaban J connectivity index is 1.60. The third-order valence-electron chi connectivity index (χ3n) is 7.63. The lowest BCUT2D eigenvalue weighted by Gasteiger charge is -2.37. The number of carbonyl (C=O) groups is 1. The van der Waals surface area contributed by atoms with Crippen LogP contribution >= 0.6 is 0 Å². The minimum Gasteiger partial charge on any atom is -0.493 e. The summed E-state index contributed by atoms with van der Waals surface area (Å²) in [4.78, 5) is 14.0. The van der Waals surface area contributed by atoms with E-state index in [0.717, 1.165) is 38.6 Å². The van der Waals surface area contributed by atoms with Crippen molar-refractivity contribution < 1.29 is 19.0 Å². The van der Waals surface area contributed by atoms with Gasteiger partial charge in [0.1, 0.15) is 5.75 Å². The summed E-state index contributed by atoms with van der Waals surface area (Å²) >= 11 is 0. The fourth-order valence-electron chi connectivity index (χ4n) is 5.86. The Morgan fingerprint density at radius 2 is 1.21 bits per heavy atom. The molecule has 0 spiro atoms. The Bertz CT molecular complexity index is 1730. The fourth-order valence-corrected chi connectivity index (χ4v) is 5.86. The van der Waals surface area contributed by atoms with Crippen molar-refractivity contribution in [2.75, 3.05) is 14.2 Å². The molecule has 1 aliphatic heterocycles. The van der Waals surface area contributed by atoms with Gasteiger partial charge in [-0.1, -0.05) is 84.9 Å². The van der Waals surface area contributed by atoms with Gasteiger partial charge in [-0.15, -0.1) is 0 Å². The molecule has 5 aromatic rings. The molecule has 1 aliphatic carbocycles. The first-order valence-corrected chi connectivity index (χ1v) is 12.6. The van der Waals surface area contributed by atoms with Crippen LogP contribution in [-0.4, -0.2) is 20.0 Å². The molecule has 1 heterocycles. The fraction of sp³-hybridized carbons (Fsp3) is 0.0882. The van der Waals surface area contributed by atoms with E-state index in [9.17, 15) is 4.79 Å². The SMILES string of the molecule is COc1cc2c3c(c4c(c2cc1OC)-c1ccccc1C4=O)OC(c1ccccc1)(c1ccccc1)C=C3. The van der Waals surface area contributed by atoms with E-state index >= 15 is 0 Å². The van der Waals surface area contributed by atoms with Gasteiger partial charge in [-0.05, 0) is 40.6 Å². The van der Waals surface area contributed by atoms with Crippen LogP contribution in [0.5, 0.6) is 17.2 Å². The number of hydrogen-bond donors (Lipinski definition) is 0. The molecule has 5 aromatic carbocycles. The summed E-state index contributed by atoms with van der Waals surface area (Å²) in [5, 5.41) is 1.86. The summed E-state index contributed by atoms with van der Waals surface area (Å²) in [6.07, 6.45) is 4.18. The third kappa shape index (κ3) is 3.00. The molecule has 0 unspecified atom stereocenters. The van der Waals surface area contributed by atoms with Gasteiger partial charge in [0, 0.05) is 27.8 Å². The number of hydrogen-bond acceptors (Lipinski definition) is 4. The molecule has 0 radical (unpaired) electrons. The lowest BCUT2D eigenvalue weighted by molar-refractivity contribution is 0.103. The van der Waals surface area contributed by atoms with Crippen LogP contribution < -0.4 is 14.2 Å². The van der Waals surface area contributed by atoms with Gasteiger partial charge >= 0.3 is 0 Å². The van der Waals surface area contributed by atoms with Crippen LogP contribution in [-0.2, 0) is 5.60 Å². The molecule has 0 amide bonds. The van der Waals surface area contributed by atoms with Crippen LogP contribution in [0, 0.1) is 0 Å². The van der Waals surface area contributed by atoms with Crippen molar-refractivity contribution in [3.63, 3.8) is 0 Å². The second kappa shape index (κ2) is 8.35. The van der Waals surface area contributed by atoms with Crippen molar-refractivity contribution in [1.82, 2.24) is 0 Å². The van der Waals surface area contributed by atoms with Gasteiger partial charge in [0.2, 0.25) is 0 Å². The van der Waals surface area contributed by atoms with Gasteiger partial charge in [0.25, 0.3) is 0 Å². The summed E-state index contributed by atoms with van der Waals surface area (Å²) in [7, 11) is 3.25. The molecular formula is C34H24O4. The molecule has 0 aromatic heterocycles. The largest absolute Gasteiger partial charge is 0.493 e. The minimum absolute atomic E-state index is 0.0335. The Morgan fingerprint density at radius 1 is 0.658 bits per heavy atom. The zero-order valence-electron chi connectivity index (χ0n) is 21.0. The standard InChI is InChI=1S/C34H24O4/c1-36-28-19-26-25-17-18-34(21-11-5-3-6-12-21,22-13-7-4-8-14-22)38-33(25)31-30(27(26)20-29(28)37-2)23-15-9-10-16-24(23)32(31)35/h3-20H,1-2H3. The summed E-state index contributed by atoms with van der Waals surface area (Å²) in [6.45, 7) is 0. The molecule has 0 bridgehead atoms. The molecule has 184 valence electrons. The summed E-state index contributed by atoms with van der Waals surface area (Å²) in [5.74, 6) is 1.78. The maximum atomic E-state index is 14.0. The zero-order valence-corrected chi connectivity index (χ0v) is 21.0. The van der Waals surface area contributed by atoms with Gasteiger partial charge in [-0.3, -0.25) is 4.79 Å². The van der Waals surface area contributed by atoms with Gasteiger partial charge in [0.05, 0.1) is 19.8 Å². The van der Waals surface area contributed by atoms with Crippen LogP contribution in [0.3, 0.4) is 0 Å². The Hall–Kier alpha value is -4.83. The quantitative estimate of drug-likeness (QED) is 0.255. The van der Waals surface area contributed by atoms with E-state index in [1.54, 1.807) is 14.2 Å². The molecule has 0 atom stereocenters. The van der Waals surface area contributed by atoms with Gasteiger partial charge < -0.3 is 14.2 Å². The molecule has 0 fully saturated rings. The van der Waals surface area contributed by atoms with Crippen LogP contribution in [0.25, 0.3) is 28.0 Å². The van der Waals surface area contributed by atoms with E-state index in [4.69, 9.17) is 14.2 Å². The average molecular weight is 497 g/mol. The Morgan fingerprint density at radius 3 is 1.82 bits per heavy atom. The number of methoxy groups -OCH3 is 2. The van der Waals surface area contributed by atoms with Crippen molar-refractivity contribution >= 4 is 22.6 Å². The van der Waals surface area contributed by atoms with Crippen LogP contribution in [0.2, 0.25) is 0 Å². The molecule has 0 saturated heterocycles. The highest BCUT2D eigenvalue weighted by atomic mass is 16.5. The van der Waals surface area contributed by atoms with Crippen molar-refractivity contribution in [1.29, 1.82) is 0 Å². The van der Waals surface area contributed by atoms with Crippen molar-refractivity contribution in [3.05, 3.63) is 131 Å². The summed E-state index contributed by atoms with van der Waals surface area (Å²) in [6, 6.07) is 32.0. The number of ketones is 1. The normalized spacial score (nSPS) is 14.4. The molecule has 38 heavy (non-hydrogen) atoms. The smallest absolute Gasteiger partial charge is 0.198 e. The summed E-state index contributed by atoms with van der Waals surface area (Å²) in [5.41, 5.74) is 4.94. The van der Waals surface area contributed by atoms with Crippen LogP contribution in [0.1, 0.15) is 32.6 Å². The predicted molar refractivity (Wildman–Crippen MR) is 149 cm³/mol. The molecule has 4 heteroatoms. The molecule has 7 rings (SSSR count). The number of benzene rings is 5. The number of fused-ring (bicyclic) bond motifs is 8. The molecule has 0 N–H and O–H groups in total. The van der Waals surface area contributed by atoms with E-state index in [2.05, 4.69) is 36.4 Å². The lowest BCUT2D eigenvalue weighted by Crippen LogP contribution is -2.35. The van der Waals surface area contributed by atoms with E-state index in [1.165, 1.54) is 0 Å². The minimum atomic E-state index is -0.900. The topological polar surface area (TPSA) is 44.8 Å². The van der Waals surface area contributed by atoms with Crippen molar-refractivity contribution in [3.8, 4) is 28.4 Å². The number of carbonyl (C=O) groups excluding carboxylic acids is 1. The first kappa shape index (κ1) is 22.4. The van der Waals surface area contributed by atoms with E-state index in [-0.39, 0.29) is 5.78 Å². The average Bonchev–Trinajstić information content (AvgIpc) is 3.29. The zero-order chi connectivity index (χ0) is 25.9. The number of rotatable bonds is 4. The molecular weight excluding hydrogens is 472 g/mol. The second-order valence-electron chi connectivity index (χ2n) is 9.52. The highest BCUT2D eigenvalue weighted by molar-refractivity contribution is 6.29. The maximum absolute atomic E-state index is 14.0.